The van der Waals surface area contributed by atoms with Gasteiger partial charge in [-0.25, -0.2) is 0 Å². The second kappa shape index (κ2) is 8.33. The van der Waals surface area contributed by atoms with Gasteiger partial charge in [-0.2, -0.15) is 0 Å². The Labute approximate surface area is 128 Å². The van der Waals surface area contributed by atoms with E-state index >= 15 is 0 Å². The number of hydrogen-bond acceptors (Lipinski definition) is 2. The van der Waals surface area contributed by atoms with Gasteiger partial charge in [0.05, 0.1) is 0 Å². The number of allylic oxidation sites excluding steroid dienone is 1. The van der Waals surface area contributed by atoms with Gasteiger partial charge in [-0.3, -0.25) is 0 Å². The van der Waals surface area contributed by atoms with E-state index in [0.29, 0.717) is 12.0 Å². The fraction of sp³-hybridized carbons (Fsp3) is 0.444. The van der Waals surface area contributed by atoms with Gasteiger partial charge in [0.1, 0.15) is 0 Å². The quantitative estimate of drug-likeness (QED) is 0.708. The van der Waals surface area contributed by atoms with Gasteiger partial charge >= 0.3 is 0 Å². The van der Waals surface area contributed by atoms with Crippen LogP contribution >= 0.6 is 11.8 Å². The van der Waals surface area contributed by atoms with Gasteiger partial charge < -0.3 is 5.32 Å². The molecule has 1 N–H and O–H groups in total. The van der Waals surface area contributed by atoms with Crippen LogP contribution in [0.15, 0.2) is 53.0 Å². The highest BCUT2D eigenvalue weighted by Gasteiger charge is 2.19. The number of thioether (sulfide) groups is 1. The Hall–Kier alpha value is -0.990. The molecular formula is C18H27NS. The number of benzene rings is 1. The molecule has 1 rings (SSSR count). The summed E-state index contributed by atoms with van der Waals surface area (Å²) in [5, 5.41) is 3.66. The zero-order valence-corrected chi connectivity index (χ0v) is 14.2. The summed E-state index contributed by atoms with van der Waals surface area (Å²) >= 11 is 1.79. The SMILES string of the molecule is C=C(C(SC)=C(C)C)C(NCc1ccccc1)C(C)C. The molecule has 110 valence electrons. The molecule has 0 bridgehead atoms. The molecule has 0 aliphatic carbocycles. The third-order valence-electron chi connectivity index (χ3n) is 3.36. The van der Waals surface area contributed by atoms with Crippen LogP contribution in [0.1, 0.15) is 33.3 Å². The van der Waals surface area contributed by atoms with Gasteiger partial charge in [-0.05, 0) is 37.2 Å². The lowest BCUT2D eigenvalue weighted by molar-refractivity contribution is 0.450. The molecule has 0 fully saturated rings. The highest BCUT2D eigenvalue weighted by atomic mass is 32.2. The van der Waals surface area contributed by atoms with Crippen molar-refractivity contribution in [1.82, 2.24) is 5.32 Å². The highest BCUT2D eigenvalue weighted by Crippen LogP contribution is 2.29. The minimum absolute atomic E-state index is 0.313. The molecule has 0 amide bonds. The first-order chi connectivity index (χ1) is 9.47. The minimum Gasteiger partial charge on any atom is -0.306 e. The molecule has 1 aromatic carbocycles. The maximum Gasteiger partial charge on any atom is 0.0351 e. The van der Waals surface area contributed by atoms with E-state index in [1.54, 1.807) is 11.8 Å². The summed E-state index contributed by atoms with van der Waals surface area (Å²) in [4.78, 5) is 1.32. The van der Waals surface area contributed by atoms with Crippen molar-refractivity contribution in [1.29, 1.82) is 0 Å². The van der Waals surface area contributed by atoms with Crippen molar-refractivity contribution in [2.45, 2.75) is 40.3 Å². The topological polar surface area (TPSA) is 12.0 Å². The summed E-state index contributed by atoms with van der Waals surface area (Å²) in [5.41, 5.74) is 3.87. The predicted octanol–water partition coefficient (Wildman–Crippen LogP) is 5.01. The third kappa shape index (κ3) is 4.84. The van der Waals surface area contributed by atoms with Crippen LogP contribution in [0, 0.1) is 5.92 Å². The summed E-state index contributed by atoms with van der Waals surface area (Å²) in [6, 6.07) is 10.8. The Bertz CT molecular complexity index is 456. The van der Waals surface area contributed by atoms with Gasteiger partial charge in [0.2, 0.25) is 0 Å². The Kier molecular flexibility index (Phi) is 7.11. The fourth-order valence-electron chi connectivity index (χ4n) is 2.38. The van der Waals surface area contributed by atoms with Crippen LogP contribution in [0.4, 0.5) is 0 Å². The lowest BCUT2D eigenvalue weighted by Gasteiger charge is -2.26. The lowest BCUT2D eigenvalue weighted by atomic mass is 9.95. The van der Waals surface area contributed by atoms with E-state index in [-0.39, 0.29) is 0 Å². The molecule has 0 saturated carbocycles. The third-order valence-corrected chi connectivity index (χ3v) is 4.44. The summed E-state index contributed by atoms with van der Waals surface area (Å²) < 4.78 is 0. The molecule has 0 spiro atoms. The van der Waals surface area contributed by atoms with Crippen LogP contribution in [0.3, 0.4) is 0 Å². The van der Waals surface area contributed by atoms with Crippen LogP contribution < -0.4 is 5.32 Å². The summed E-state index contributed by atoms with van der Waals surface area (Å²) in [6.07, 6.45) is 2.13. The summed E-state index contributed by atoms with van der Waals surface area (Å²) in [6.45, 7) is 14.0. The Morgan fingerprint density at radius 2 is 1.80 bits per heavy atom. The molecule has 2 heteroatoms. The van der Waals surface area contributed by atoms with Crippen molar-refractivity contribution in [2.75, 3.05) is 6.26 Å². The van der Waals surface area contributed by atoms with Crippen LogP contribution in [0.25, 0.3) is 0 Å². The molecule has 1 nitrogen and oxygen atoms in total. The largest absolute Gasteiger partial charge is 0.306 e. The molecule has 1 unspecified atom stereocenters. The van der Waals surface area contributed by atoms with Gasteiger partial charge in [-0.15, -0.1) is 11.8 Å². The van der Waals surface area contributed by atoms with E-state index in [4.69, 9.17) is 0 Å². The predicted molar refractivity (Wildman–Crippen MR) is 92.9 cm³/mol. The molecule has 1 aromatic rings. The molecule has 0 heterocycles. The Balaban J connectivity index is 2.80. The molecule has 0 radical (unpaired) electrons. The molecule has 0 aliphatic heterocycles. The molecule has 0 aromatic heterocycles. The molecule has 0 saturated heterocycles. The molecule has 0 aliphatic rings. The van der Waals surface area contributed by atoms with Crippen LogP contribution in [0.5, 0.6) is 0 Å². The standard InChI is InChI=1S/C18H27NS/c1-13(2)17(15(5)18(20-6)14(3)4)19-12-16-10-8-7-9-11-16/h7-11,13,17,19H,5,12H2,1-4,6H3. The van der Waals surface area contributed by atoms with Crippen molar-refractivity contribution in [2.24, 2.45) is 5.92 Å². The van der Waals surface area contributed by atoms with E-state index < -0.39 is 0 Å². The maximum atomic E-state index is 4.34. The van der Waals surface area contributed by atoms with Crippen LogP contribution in [-0.2, 0) is 6.54 Å². The van der Waals surface area contributed by atoms with Gasteiger partial charge in [0, 0.05) is 17.5 Å². The average molecular weight is 289 g/mol. The second-order valence-electron chi connectivity index (χ2n) is 5.65. The maximum absolute atomic E-state index is 4.34. The van der Waals surface area contributed by atoms with Gasteiger partial charge in [0.15, 0.2) is 0 Å². The van der Waals surface area contributed by atoms with E-state index in [1.807, 2.05) is 0 Å². The molecule has 1 atom stereocenters. The fourth-order valence-corrected chi connectivity index (χ4v) is 3.18. The lowest BCUT2D eigenvalue weighted by Crippen LogP contribution is -2.35. The summed E-state index contributed by atoms with van der Waals surface area (Å²) in [7, 11) is 0. The van der Waals surface area contributed by atoms with E-state index in [9.17, 15) is 0 Å². The van der Waals surface area contributed by atoms with Crippen molar-refractivity contribution >= 4 is 11.8 Å². The smallest absolute Gasteiger partial charge is 0.0351 e. The minimum atomic E-state index is 0.313. The van der Waals surface area contributed by atoms with Crippen LogP contribution in [-0.4, -0.2) is 12.3 Å². The van der Waals surface area contributed by atoms with E-state index in [2.05, 4.69) is 76.2 Å². The first-order valence-electron chi connectivity index (χ1n) is 7.15. The molecule has 20 heavy (non-hydrogen) atoms. The monoisotopic (exact) mass is 289 g/mol. The summed E-state index contributed by atoms with van der Waals surface area (Å²) in [5.74, 6) is 0.521. The van der Waals surface area contributed by atoms with Crippen LogP contribution in [0.2, 0.25) is 0 Å². The Morgan fingerprint density at radius 3 is 2.25 bits per heavy atom. The first-order valence-corrected chi connectivity index (χ1v) is 8.37. The first kappa shape index (κ1) is 17.1. The molecular weight excluding hydrogens is 262 g/mol. The zero-order valence-electron chi connectivity index (χ0n) is 13.4. The number of rotatable bonds is 7. The average Bonchev–Trinajstić information content (AvgIpc) is 2.40. The van der Waals surface area contributed by atoms with Crippen molar-refractivity contribution in [3.8, 4) is 0 Å². The van der Waals surface area contributed by atoms with E-state index in [1.165, 1.54) is 21.6 Å². The van der Waals surface area contributed by atoms with Crippen molar-refractivity contribution in [3.63, 3.8) is 0 Å². The normalized spacial score (nSPS) is 12.3. The van der Waals surface area contributed by atoms with Gasteiger partial charge in [-0.1, -0.05) is 56.3 Å². The van der Waals surface area contributed by atoms with Crippen molar-refractivity contribution in [3.05, 3.63) is 58.5 Å². The zero-order chi connectivity index (χ0) is 15.1. The van der Waals surface area contributed by atoms with Crippen molar-refractivity contribution < 1.29 is 0 Å². The number of nitrogens with one attached hydrogen (secondary N) is 1. The van der Waals surface area contributed by atoms with E-state index in [0.717, 1.165) is 6.54 Å². The number of hydrogen-bond donors (Lipinski definition) is 1. The Morgan fingerprint density at radius 1 is 1.20 bits per heavy atom. The highest BCUT2D eigenvalue weighted by molar-refractivity contribution is 8.02. The van der Waals surface area contributed by atoms with Gasteiger partial charge in [0.25, 0.3) is 0 Å². The second-order valence-corrected chi connectivity index (χ2v) is 6.46.